The van der Waals surface area contributed by atoms with Gasteiger partial charge < -0.3 is 4.42 Å². The van der Waals surface area contributed by atoms with Crippen LogP contribution in [0.1, 0.15) is 0 Å². The maximum Gasteiger partial charge on any atom is 0.238 e. The lowest BCUT2D eigenvalue weighted by Gasteiger charge is -2.08. The lowest BCUT2D eigenvalue weighted by atomic mass is 10.0. The topological polar surface area (TPSA) is 86.2 Å². The van der Waals surface area contributed by atoms with Crippen molar-refractivity contribution in [3.63, 3.8) is 0 Å². The molecule has 2 N–H and O–H groups in total. The van der Waals surface area contributed by atoms with Gasteiger partial charge in [-0.2, -0.15) is 0 Å². The molecule has 0 atom stereocenters. The van der Waals surface area contributed by atoms with Crippen LogP contribution in [0.3, 0.4) is 0 Å². The van der Waals surface area contributed by atoms with E-state index >= 15 is 0 Å². The van der Waals surface area contributed by atoms with Gasteiger partial charge in [-0.25, -0.2) is 18.5 Å². The number of primary sulfonamides is 1. The fraction of sp³-hybridized carbons (Fsp3) is 0. The van der Waals surface area contributed by atoms with E-state index in [1.54, 1.807) is 24.4 Å². The second kappa shape index (κ2) is 5.16. The minimum atomic E-state index is -3.77. The zero-order valence-corrected chi connectivity index (χ0v) is 11.7. The highest BCUT2D eigenvalue weighted by molar-refractivity contribution is 7.89. The Hall–Kier alpha value is -2.44. The number of rotatable bonds is 3. The lowest BCUT2D eigenvalue weighted by molar-refractivity contribution is 0.574. The van der Waals surface area contributed by atoms with Crippen molar-refractivity contribution in [2.24, 2.45) is 5.14 Å². The van der Waals surface area contributed by atoms with E-state index in [1.165, 1.54) is 12.3 Å². The van der Waals surface area contributed by atoms with E-state index in [-0.39, 0.29) is 4.90 Å². The third-order valence-corrected chi connectivity index (χ3v) is 4.04. The average molecular weight is 300 g/mol. The van der Waals surface area contributed by atoms with Crippen LogP contribution in [-0.2, 0) is 10.0 Å². The summed E-state index contributed by atoms with van der Waals surface area (Å²) in [6.45, 7) is 0. The van der Waals surface area contributed by atoms with Gasteiger partial charge in [0.15, 0.2) is 0 Å². The second-order valence-electron chi connectivity index (χ2n) is 4.46. The predicted molar refractivity (Wildman–Crippen MR) is 78.7 cm³/mol. The molecule has 0 saturated heterocycles. The van der Waals surface area contributed by atoms with Gasteiger partial charge in [0, 0.05) is 11.1 Å². The van der Waals surface area contributed by atoms with E-state index in [4.69, 9.17) is 9.56 Å². The van der Waals surface area contributed by atoms with Crippen molar-refractivity contribution in [1.82, 2.24) is 4.98 Å². The van der Waals surface area contributed by atoms with Crippen molar-refractivity contribution >= 4 is 10.0 Å². The van der Waals surface area contributed by atoms with Crippen LogP contribution in [0.25, 0.3) is 22.6 Å². The molecule has 0 aliphatic carbocycles. The highest BCUT2D eigenvalue weighted by Gasteiger charge is 2.14. The molecule has 3 rings (SSSR count). The molecule has 0 fully saturated rings. The van der Waals surface area contributed by atoms with Crippen LogP contribution in [0, 0.1) is 0 Å². The van der Waals surface area contributed by atoms with Crippen molar-refractivity contribution in [2.45, 2.75) is 4.90 Å². The predicted octanol–water partition coefficient (Wildman–Crippen LogP) is 2.66. The standard InChI is InChI=1S/C15H12N2O3S/c16-21(18,19)14-4-2-1-3-13(14)11-5-7-12(8-6-11)15-17-9-10-20-15/h1-10H,(H2,16,18,19). The molecule has 0 radical (unpaired) electrons. The Balaban J connectivity index is 2.07. The molecule has 6 heteroatoms. The Bertz CT molecular complexity index is 854. The molecule has 2 aromatic carbocycles. The summed E-state index contributed by atoms with van der Waals surface area (Å²) in [5.74, 6) is 0.515. The molecular formula is C15H12N2O3S. The van der Waals surface area contributed by atoms with E-state index in [0.717, 1.165) is 11.1 Å². The summed E-state index contributed by atoms with van der Waals surface area (Å²) < 4.78 is 28.5. The van der Waals surface area contributed by atoms with Crippen molar-refractivity contribution in [3.8, 4) is 22.6 Å². The SMILES string of the molecule is NS(=O)(=O)c1ccccc1-c1ccc(-c2ncco2)cc1. The summed E-state index contributed by atoms with van der Waals surface area (Å²) in [5.41, 5.74) is 2.14. The van der Waals surface area contributed by atoms with Gasteiger partial charge in [0.25, 0.3) is 0 Å². The largest absolute Gasteiger partial charge is 0.445 e. The summed E-state index contributed by atoms with van der Waals surface area (Å²) in [6, 6.07) is 13.9. The molecule has 0 spiro atoms. The van der Waals surface area contributed by atoms with Crippen LogP contribution >= 0.6 is 0 Å². The van der Waals surface area contributed by atoms with Gasteiger partial charge in [0.05, 0.1) is 11.1 Å². The van der Waals surface area contributed by atoms with Gasteiger partial charge >= 0.3 is 0 Å². The van der Waals surface area contributed by atoms with Gasteiger partial charge in [-0.05, 0) is 23.8 Å². The molecule has 0 aliphatic heterocycles. The number of aromatic nitrogens is 1. The Labute approximate surface area is 122 Å². The number of benzene rings is 2. The third kappa shape index (κ3) is 2.72. The molecular weight excluding hydrogens is 288 g/mol. The highest BCUT2D eigenvalue weighted by atomic mass is 32.2. The first-order chi connectivity index (χ1) is 10.1. The first-order valence-electron chi connectivity index (χ1n) is 6.18. The van der Waals surface area contributed by atoms with E-state index in [1.807, 2.05) is 24.3 Å². The molecule has 5 nitrogen and oxygen atoms in total. The van der Waals surface area contributed by atoms with Crippen LogP contribution in [0.15, 0.2) is 70.3 Å². The van der Waals surface area contributed by atoms with Crippen LogP contribution in [-0.4, -0.2) is 13.4 Å². The summed E-state index contributed by atoms with van der Waals surface area (Å²) in [7, 11) is -3.77. The second-order valence-corrected chi connectivity index (χ2v) is 5.99. The molecule has 21 heavy (non-hydrogen) atoms. The maximum absolute atomic E-state index is 11.6. The zero-order chi connectivity index (χ0) is 14.9. The molecule has 0 aliphatic rings. The Kier molecular flexibility index (Phi) is 3.32. The Morgan fingerprint density at radius 2 is 1.62 bits per heavy atom. The number of hydrogen-bond donors (Lipinski definition) is 1. The normalized spacial score (nSPS) is 11.5. The fourth-order valence-electron chi connectivity index (χ4n) is 2.11. The van der Waals surface area contributed by atoms with E-state index in [0.29, 0.717) is 11.5 Å². The third-order valence-electron chi connectivity index (χ3n) is 3.07. The summed E-state index contributed by atoms with van der Waals surface area (Å²) in [5, 5.41) is 5.25. The fourth-order valence-corrected chi connectivity index (χ4v) is 2.87. The maximum atomic E-state index is 11.6. The van der Waals surface area contributed by atoms with Gasteiger partial charge in [-0.15, -0.1) is 0 Å². The molecule has 106 valence electrons. The van der Waals surface area contributed by atoms with Gasteiger partial charge in [0.2, 0.25) is 15.9 Å². The Morgan fingerprint density at radius 3 is 2.24 bits per heavy atom. The van der Waals surface area contributed by atoms with Crippen LogP contribution < -0.4 is 5.14 Å². The average Bonchev–Trinajstić information content (AvgIpc) is 3.01. The minimum absolute atomic E-state index is 0.105. The zero-order valence-electron chi connectivity index (χ0n) is 10.9. The summed E-state index contributed by atoms with van der Waals surface area (Å²) in [6.07, 6.45) is 3.07. The summed E-state index contributed by atoms with van der Waals surface area (Å²) >= 11 is 0. The Morgan fingerprint density at radius 1 is 0.952 bits per heavy atom. The first kappa shape index (κ1) is 13.5. The minimum Gasteiger partial charge on any atom is -0.445 e. The van der Waals surface area contributed by atoms with E-state index in [2.05, 4.69) is 4.98 Å². The first-order valence-corrected chi connectivity index (χ1v) is 7.72. The monoisotopic (exact) mass is 300 g/mol. The molecule has 1 aromatic heterocycles. The number of hydrogen-bond acceptors (Lipinski definition) is 4. The van der Waals surface area contributed by atoms with Crippen molar-refractivity contribution in [1.29, 1.82) is 0 Å². The quantitative estimate of drug-likeness (QED) is 0.805. The summed E-state index contributed by atoms with van der Waals surface area (Å²) in [4.78, 5) is 4.17. The number of oxazole rings is 1. The van der Waals surface area contributed by atoms with E-state index < -0.39 is 10.0 Å². The van der Waals surface area contributed by atoms with Crippen molar-refractivity contribution in [3.05, 3.63) is 61.0 Å². The number of nitrogens with two attached hydrogens (primary N) is 1. The van der Waals surface area contributed by atoms with Crippen molar-refractivity contribution in [2.75, 3.05) is 0 Å². The molecule has 0 unspecified atom stereocenters. The van der Waals surface area contributed by atoms with Crippen LogP contribution in [0.2, 0.25) is 0 Å². The van der Waals surface area contributed by atoms with Crippen molar-refractivity contribution < 1.29 is 12.8 Å². The molecule has 0 saturated carbocycles. The molecule has 0 bridgehead atoms. The van der Waals surface area contributed by atoms with E-state index in [9.17, 15) is 8.42 Å². The van der Waals surface area contributed by atoms with Gasteiger partial charge in [-0.1, -0.05) is 30.3 Å². The lowest BCUT2D eigenvalue weighted by Crippen LogP contribution is -2.13. The van der Waals surface area contributed by atoms with Crippen LogP contribution in [0.5, 0.6) is 0 Å². The highest BCUT2D eigenvalue weighted by Crippen LogP contribution is 2.28. The number of sulfonamides is 1. The smallest absolute Gasteiger partial charge is 0.238 e. The molecule has 0 amide bonds. The van der Waals surface area contributed by atoms with Crippen LogP contribution in [0.4, 0.5) is 0 Å². The molecule has 3 aromatic rings. The van der Waals surface area contributed by atoms with Gasteiger partial charge in [-0.3, -0.25) is 0 Å². The molecule has 1 heterocycles. The van der Waals surface area contributed by atoms with Gasteiger partial charge in [0.1, 0.15) is 6.26 Å². The number of nitrogens with zero attached hydrogens (tertiary/aromatic N) is 1.